The second-order valence-corrected chi connectivity index (χ2v) is 13.9. The van der Waals surface area contributed by atoms with Crippen LogP contribution in [0.1, 0.15) is 22.3 Å². The van der Waals surface area contributed by atoms with E-state index in [0.717, 1.165) is 27.3 Å². The van der Waals surface area contributed by atoms with E-state index in [4.69, 9.17) is 4.42 Å². The first-order valence-electron chi connectivity index (χ1n) is 18.0. The third-order valence-electron chi connectivity index (χ3n) is 11.3. The normalized spacial score (nSPS) is 13.2. The predicted molar refractivity (Wildman–Crippen MR) is 217 cm³/mol. The molecule has 0 saturated carbocycles. The number of hydrogen-bond acceptors (Lipinski definition) is 1. The third kappa shape index (κ3) is 3.99. The molecule has 1 nitrogen and oxygen atoms in total. The Morgan fingerprint density at radius 2 is 1.04 bits per heavy atom. The molecule has 1 aromatic heterocycles. The highest BCUT2D eigenvalue weighted by Gasteiger charge is 2.48. The second-order valence-electron chi connectivity index (χ2n) is 13.9. The van der Waals surface area contributed by atoms with Crippen LogP contribution < -0.4 is 0 Å². The molecule has 242 valence electrons. The Kier molecular flexibility index (Phi) is 6.23. The Labute approximate surface area is 302 Å². The molecule has 0 amide bonds. The lowest BCUT2D eigenvalue weighted by atomic mass is 9.65. The molecule has 0 spiro atoms. The summed E-state index contributed by atoms with van der Waals surface area (Å²) in [5, 5.41) is 7.13. The van der Waals surface area contributed by atoms with Gasteiger partial charge in [0.15, 0.2) is 0 Å². The van der Waals surface area contributed by atoms with Crippen molar-refractivity contribution in [2.75, 3.05) is 0 Å². The van der Waals surface area contributed by atoms with Crippen LogP contribution in [0.5, 0.6) is 0 Å². The second kappa shape index (κ2) is 11.2. The van der Waals surface area contributed by atoms with Crippen LogP contribution in [-0.4, -0.2) is 0 Å². The Balaban J connectivity index is 1.29. The van der Waals surface area contributed by atoms with Gasteiger partial charge in [-0.15, -0.1) is 0 Å². The van der Waals surface area contributed by atoms with Crippen molar-refractivity contribution >= 4 is 43.5 Å². The van der Waals surface area contributed by atoms with Crippen molar-refractivity contribution in [3.63, 3.8) is 0 Å². The van der Waals surface area contributed by atoms with Crippen molar-refractivity contribution in [1.82, 2.24) is 0 Å². The number of benzene rings is 9. The first-order chi connectivity index (χ1) is 25.8. The zero-order valence-corrected chi connectivity index (χ0v) is 28.4. The van der Waals surface area contributed by atoms with Crippen LogP contribution in [0.15, 0.2) is 199 Å². The summed E-state index contributed by atoms with van der Waals surface area (Å²) in [6.45, 7) is 0. The molecule has 0 fully saturated rings. The number of hydrogen-bond donors (Lipinski definition) is 0. The third-order valence-corrected chi connectivity index (χ3v) is 11.3. The summed E-state index contributed by atoms with van der Waals surface area (Å²) < 4.78 is 6.66. The van der Waals surface area contributed by atoms with E-state index >= 15 is 0 Å². The Morgan fingerprint density at radius 1 is 0.385 bits per heavy atom. The van der Waals surface area contributed by atoms with E-state index < -0.39 is 5.41 Å². The van der Waals surface area contributed by atoms with Crippen LogP contribution >= 0.6 is 0 Å². The van der Waals surface area contributed by atoms with Gasteiger partial charge in [-0.25, -0.2) is 0 Å². The van der Waals surface area contributed by atoms with Crippen molar-refractivity contribution in [2.45, 2.75) is 5.41 Å². The fourth-order valence-electron chi connectivity index (χ4n) is 9.17. The summed E-state index contributed by atoms with van der Waals surface area (Å²) in [5.74, 6) is 0. The molecule has 52 heavy (non-hydrogen) atoms. The minimum absolute atomic E-state index is 0.582. The molecule has 0 atom stereocenters. The fraction of sp³-hybridized carbons (Fsp3) is 0.0196. The van der Waals surface area contributed by atoms with Gasteiger partial charge < -0.3 is 4.42 Å². The average molecular weight is 661 g/mol. The Hall–Kier alpha value is -6.70. The van der Waals surface area contributed by atoms with Crippen molar-refractivity contribution in [3.05, 3.63) is 216 Å². The van der Waals surface area contributed by atoms with Gasteiger partial charge in [0.05, 0.1) is 5.41 Å². The van der Waals surface area contributed by atoms with Crippen molar-refractivity contribution < 1.29 is 4.42 Å². The zero-order valence-electron chi connectivity index (χ0n) is 28.4. The molecule has 0 radical (unpaired) electrons. The van der Waals surface area contributed by atoms with Crippen LogP contribution in [0.25, 0.3) is 76.9 Å². The van der Waals surface area contributed by atoms with Crippen LogP contribution in [-0.2, 0) is 5.41 Å². The van der Waals surface area contributed by atoms with Crippen LogP contribution in [0.4, 0.5) is 0 Å². The molecule has 0 N–H and O–H groups in total. The standard InChI is InChI=1S/C51H32O/c1-4-15-33(16-5-1)44-31-35-18-11-12-23-40(35)48-42-29-28-36(32-45(42)51(49(44)48,37-19-6-2-7-20-37)38-21-8-3-9-22-38)39-25-14-26-46-47(39)43-30-27-34-17-10-13-24-41(34)50(43)52-46/h1-32H. The smallest absolute Gasteiger partial charge is 0.143 e. The number of fused-ring (bicyclic) bond motifs is 10. The van der Waals surface area contributed by atoms with Crippen LogP contribution in [0, 0.1) is 0 Å². The SMILES string of the molecule is c1ccc(-c2cc3ccccc3c3c2C(c2ccccc2)(c2ccccc2)c2cc(-c4cccc5oc6c7ccccc7ccc6c45)ccc2-3)cc1. The zero-order chi connectivity index (χ0) is 34.2. The molecule has 0 bridgehead atoms. The van der Waals surface area contributed by atoms with Crippen molar-refractivity contribution in [2.24, 2.45) is 0 Å². The minimum atomic E-state index is -0.582. The van der Waals surface area contributed by atoms with E-state index in [1.54, 1.807) is 0 Å². The maximum absolute atomic E-state index is 6.66. The summed E-state index contributed by atoms with van der Waals surface area (Å²) in [6, 6.07) is 71.1. The van der Waals surface area contributed by atoms with Gasteiger partial charge in [-0.05, 0) is 96.1 Å². The summed E-state index contributed by atoms with van der Waals surface area (Å²) in [6.07, 6.45) is 0. The van der Waals surface area contributed by atoms with E-state index in [-0.39, 0.29) is 0 Å². The van der Waals surface area contributed by atoms with Gasteiger partial charge in [-0.1, -0.05) is 170 Å². The molecule has 0 unspecified atom stereocenters. The summed E-state index contributed by atoms with van der Waals surface area (Å²) in [4.78, 5) is 0. The maximum atomic E-state index is 6.66. The highest BCUT2D eigenvalue weighted by atomic mass is 16.3. The lowest BCUT2D eigenvalue weighted by Crippen LogP contribution is -2.29. The molecule has 0 saturated heterocycles. The van der Waals surface area contributed by atoms with Crippen LogP contribution in [0.2, 0.25) is 0 Å². The molecular weight excluding hydrogens is 629 g/mol. The molecular formula is C51H32O. The quantitative estimate of drug-likeness (QED) is 0.183. The summed E-state index contributed by atoms with van der Waals surface area (Å²) >= 11 is 0. The fourth-order valence-corrected chi connectivity index (χ4v) is 9.17. The van der Waals surface area contributed by atoms with E-state index in [9.17, 15) is 0 Å². The van der Waals surface area contributed by atoms with Gasteiger partial charge in [-0.2, -0.15) is 0 Å². The Morgan fingerprint density at radius 3 is 1.79 bits per heavy atom. The number of rotatable bonds is 4. The summed E-state index contributed by atoms with van der Waals surface area (Å²) in [5.41, 5.74) is 13.8. The highest BCUT2D eigenvalue weighted by molar-refractivity contribution is 6.19. The van der Waals surface area contributed by atoms with Gasteiger partial charge in [-0.3, -0.25) is 0 Å². The van der Waals surface area contributed by atoms with Crippen LogP contribution in [0.3, 0.4) is 0 Å². The van der Waals surface area contributed by atoms with E-state index in [1.807, 2.05) is 0 Å². The minimum Gasteiger partial charge on any atom is -0.455 e. The van der Waals surface area contributed by atoms with Gasteiger partial charge in [0.25, 0.3) is 0 Å². The molecule has 0 aliphatic heterocycles. The largest absolute Gasteiger partial charge is 0.455 e. The first kappa shape index (κ1) is 29.1. The van der Waals surface area contributed by atoms with Gasteiger partial charge in [0, 0.05) is 16.2 Å². The molecule has 1 aliphatic rings. The molecule has 9 aromatic carbocycles. The molecule has 11 rings (SSSR count). The molecule has 1 heteroatoms. The monoisotopic (exact) mass is 660 g/mol. The van der Waals surface area contributed by atoms with E-state index in [0.29, 0.717) is 0 Å². The number of furan rings is 1. The maximum Gasteiger partial charge on any atom is 0.143 e. The highest BCUT2D eigenvalue weighted by Crippen LogP contribution is 2.61. The first-order valence-corrected chi connectivity index (χ1v) is 18.0. The van der Waals surface area contributed by atoms with E-state index in [2.05, 4.69) is 194 Å². The van der Waals surface area contributed by atoms with Gasteiger partial charge >= 0.3 is 0 Å². The average Bonchev–Trinajstić information content (AvgIpc) is 3.76. The van der Waals surface area contributed by atoms with Crippen molar-refractivity contribution in [3.8, 4) is 33.4 Å². The predicted octanol–water partition coefficient (Wildman–Crippen LogP) is 13.6. The summed E-state index contributed by atoms with van der Waals surface area (Å²) in [7, 11) is 0. The lowest BCUT2D eigenvalue weighted by Gasteiger charge is -2.35. The lowest BCUT2D eigenvalue weighted by molar-refractivity contribution is 0.673. The van der Waals surface area contributed by atoms with Gasteiger partial charge in [0.1, 0.15) is 11.2 Å². The topological polar surface area (TPSA) is 13.1 Å². The van der Waals surface area contributed by atoms with Crippen molar-refractivity contribution in [1.29, 1.82) is 0 Å². The Bertz CT molecular complexity index is 2950. The molecule has 10 aromatic rings. The van der Waals surface area contributed by atoms with Gasteiger partial charge in [0.2, 0.25) is 0 Å². The van der Waals surface area contributed by atoms with E-state index in [1.165, 1.54) is 71.8 Å². The molecule has 1 aliphatic carbocycles. The molecule has 1 heterocycles.